The second-order valence-corrected chi connectivity index (χ2v) is 8.12. The van der Waals surface area contributed by atoms with E-state index in [4.69, 9.17) is 4.74 Å². The third kappa shape index (κ3) is 11.9. The van der Waals surface area contributed by atoms with Crippen LogP contribution in [0.2, 0.25) is 0 Å². The van der Waals surface area contributed by atoms with Crippen molar-refractivity contribution in [2.45, 2.75) is 92.1 Å². The maximum absolute atomic E-state index is 12.0. The molecule has 0 amide bonds. The molecule has 1 rings (SSSR count). The normalized spacial score (nSPS) is 17.1. The van der Waals surface area contributed by atoms with Gasteiger partial charge >= 0.3 is 5.97 Å². The second-order valence-electron chi connectivity index (χ2n) is 8.12. The third-order valence-electron chi connectivity index (χ3n) is 5.24. The quantitative estimate of drug-likeness (QED) is 0.317. The van der Waals surface area contributed by atoms with Crippen LogP contribution in [0.1, 0.15) is 86.0 Å². The molecular weight excluding hydrogens is 334 g/mol. The van der Waals surface area contributed by atoms with Gasteiger partial charge in [-0.05, 0) is 79.2 Å². The first-order valence-electron chi connectivity index (χ1n) is 10.8. The Hall–Kier alpha value is -1.35. The Morgan fingerprint density at radius 2 is 1.41 bits per heavy atom. The van der Waals surface area contributed by atoms with E-state index >= 15 is 0 Å². The lowest BCUT2D eigenvalue weighted by molar-refractivity contribution is -0.151. The molecule has 0 unspecified atom stereocenters. The van der Waals surface area contributed by atoms with Crippen LogP contribution in [0.25, 0.3) is 0 Å². The van der Waals surface area contributed by atoms with Crippen molar-refractivity contribution < 1.29 is 9.53 Å². The van der Waals surface area contributed by atoms with Gasteiger partial charge in [-0.15, -0.1) is 0 Å². The van der Waals surface area contributed by atoms with Gasteiger partial charge in [0.25, 0.3) is 0 Å². The van der Waals surface area contributed by atoms with Gasteiger partial charge in [0.2, 0.25) is 0 Å². The van der Waals surface area contributed by atoms with Gasteiger partial charge in [-0.3, -0.25) is 4.79 Å². The zero-order valence-corrected chi connectivity index (χ0v) is 18.4. The van der Waals surface area contributed by atoms with Crippen LogP contribution < -0.4 is 0 Å². The Balaban J connectivity index is 2.17. The van der Waals surface area contributed by atoms with Gasteiger partial charge in [0.1, 0.15) is 6.10 Å². The molecule has 1 aliphatic rings. The number of piperidine rings is 1. The van der Waals surface area contributed by atoms with Gasteiger partial charge in [0.15, 0.2) is 0 Å². The molecule has 0 spiro atoms. The molecule has 1 saturated heterocycles. The number of hydrogen-bond acceptors (Lipinski definition) is 3. The summed E-state index contributed by atoms with van der Waals surface area (Å²) in [5.74, 6) is -0.0380. The summed E-state index contributed by atoms with van der Waals surface area (Å²) in [7, 11) is 0. The second kappa shape index (κ2) is 13.8. The van der Waals surface area contributed by atoms with E-state index in [1.807, 2.05) is 0 Å². The van der Waals surface area contributed by atoms with Crippen LogP contribution in [0.5, 0.6) is 0 Å². The number of carbonyl (C=O) groups excluding carboxylic acids is 1. The summed E-state index contributed by atoms with van der Waals surface area (Å²) in [6.45, 7) is 14.1. The molecule has 0 radical (unpaired) electrons. The van der Waals surface area contributed by atoms with Crippen LogP contribution in [0.4, 0.5) is 0 Å². The number of likely N-dealkylation sites (tertiary alicyclic amines) is 1. The van der Waals surface area contributed by atoms with Crippen LogP contribution in [-0.4, -0.2) is 36.6 Å². The summed E-state index contributed by atoms with van der Waals surface area (Å²) in [4.78, 5) is 14.4. The van der Waals surface area contributed by atoms with Gasteiger partial charge in [0, 0.05) is 19.5 Å². The van der Waals surface area contributed by atoms with Crippen molar-refractivity contribution in [2.75, 3.05) is 19.6 Å². The summed E-state index contributed by atoms with van der Waals surface area (Å²) in [5.41, 5.74) is 4.23. The molecule has 0 bridgehead atoms. The Bertz CT molecular complexity index is 518. The highest BCUT2D eigenvalue weighted by atomic mass is 16.5. The van der Waals surface area contributed by atoms with E-state index in [2.05, 4.69) is 57.7 Å². The molecule has 1 heterocycles. The number of allylic oxidation sites excluding steroid dienone is 6. The predicted octanol–water partition coefficient (Wildman–Crippen LogP) is 6.21. The maximum atomic E-state index is 12.0. The van der Waals surface area contributed by atoms with Crippen molar-refractivity contribution >= 4 is 5.97 Å². The standard InChI is InChI=1S/C24H41NO2/c1-6-25-18-16-23(17-19-25)27-24(26)15-9-14-22(5)13-8-12-21(4)11-7-10-20(2)3/h10,12,14,23H,6-9,11,13,15-19H2,1-5H3. The van der Waals surface area contributed by atoms with Crippen molar-refractivity contribution in [2.24, 2.45) is 0 Å². The molecule has 0 aromatic carbocycles. The topological polar surface area (TPSA) is 29.5 Å². The molecule has 0 aliphatic carbocycles. The number of hydrogen-bond donors (Lipinski definition) is 0. The summed E-state index contributed by atoms with van der Waals surface area (Å²) >= 11 is 0. The van der Waals surface area contributed by atoms with Gasteiger partial charge < -0.3 is 9.64 Å². The highest BCUT2D eigenvalue weighted by Gasteiger charge is 2.20. The van der Waals surface area contributed by atoms with Crippen molar-refractivity contribution in [1.29, 1.82) is 0 Å². The molecule has 154 valence electrons. The fraction of sp³-hybridized carbons (Fsp3) is 0.708. The minimum Gasteiger partial charge on any atom is -0.462 e. The number of carbonyl (C=O) groups is 1. The lowest BCUT2D eigenvalue weighted by Crippen LogP contribution is -2.37. The van der Waals surface area contributed by atoms with Crippen molar-refractivity contribution in [3.05, 3.63) is 34.9 Å². The molecule has 0 aromatic heterocycles. The van der Waals surface area contributed by atoms with E-state index in [-0.39, 0.29) is 12.1 Å². The summed E-state index contributed by atoms with van der Waals surface area (Å²) in [6.07, 6.45) is 14.7. The van der Waals surface area contributed by atoms with E-state index in [0.29, 0.717) is 6.42 Å². The van der Waals surface area contributed by atoms with Crippen LogP contribution in [0, 0.1) is 0 Å². The average Bonchev–Trinajstić information content (AvgIpc) is 2.62. The van der Waals surface area contributed by atoms with E-state index in [1.165, 1.54) is 16.7 Å². The third-order valence-corrected chi connectivity index (χ3v) is 5.24. The Labute approximate surface area is 167 Å². The van der Waals surface area contributed by atoms with E-state index < -0.39 is 0 Å². The largest absolute Gasteiger partial charge is 0.462 e. The molecule has 3 nitrogen and oxygen atoms in total. The molecule has 0 atom stereocenters. The molecule has 3 heteroatoms. The predicted molar refractivity (Wildman–Crippen MR) is 116 cm³/mol. The molecule has 0 saturated carbocycles. The van der Waals surface area contributed by atoms with Gasteiger partial charge in [-0.1, -0.05) is 41.9 Å². The number of esters is 1. The lowest BCUT2D eigenvalue weighted by Gasteiger charge is -2.30. The van der Waals surface area contributed by atoms with E-state index in [1.54, 1.807) is 0 Å². The SMILES string of the molecule is CCN1CCC(OC(=O)CCC=C(C)CCC=C(C)CCC=C(C)C)CC1. The first-order chi connectivity index (χ1) is 12.9. The van der Waals surface area contributed by atoms with Crippen LogP contribution in [0.3, 0.4) is 0 Å². The van der Waals surface area contributed by atoms with Gasteiger partial charge in [-0.2, -0.15) is 0 Å². The molecule has 1 fully saturated rings. The Kier molecular flexibility index (Phi) is 12.1. The average molecular weight is 376 g/mol. The maximum Gasteiger partial charge on any atom is 0.306 e. The Morgan fingerprint density at radius 3 is 1.93 bits per heavy atom. The molecule has 1 aliphatic heterocycles. The molecule has 0 aromatic rings. The Morgan fingerprint density at radius 1 is 0.889 bits per heavy atom. The summed E-state index contributed by atoms with van der Waals surface area (Å²) < 4.78 is 5.62. The summed E-state index contributed by atoms with van der Waals surface area (Å²) in [6, 6.07) is 0. The molecule has 0 N–H and O–H groups in total. The van der Waals surface area contributed by atoms with Crippen LogP contribution in [-0.2, 0) is 9.53 Å². The zero-order valence-electron chi connectivity index (χ0n) is 18.4. The zero-order chi connectivity index (χ0) is 20.1. The van der Waals surface area contributed by atoms with E-state index in [0.717, 1.165) is 64.6 Å². The minimum absolute atomic E-state index is 0.0380. The van der Waals surface area contributed by atoms with Crippen LogP contribution in [0.15, 0.2) is 34.9 Å². The number of ether oxygens (including phenoxy) is 1. The van der Waals surface area contributed by atoms with Gasteiger partial charge in [0.05, 0.1) is 0 Å². The van der Waals surface area contributed by atoms with Crippen molar-refractivity contribution in [3.63, 3.8) is 0 Å². The minimum atomic E-state index is -0.0380. The fourth-order valence-corrected chi connectivity index (χ4v) is 3.36. The smallest absolute Gasteiger partial charge is 0.306 e. The first-order valence-corrected chi connectivity index (χ1v) is 10.8. The highest BCUT2D eigenvalue weighted by molar-refractivity contribution is 5.69. The van der Waals surface area contributed by atoms with Crippen molar-refractivity contribution in [1.82, 2.24) is 4.90 Å². The van der Waals surface area contributed by atoms with E-state index in [9.17, 15) is 4.79 Å². The first kappa shape index (κ1) is 23.7. The fourth-order valence-electron chi connectivity index (χ4n) is 3.36. The number of nitrogens with zero attached hydrogens (tertiary/aromatic N) is 1. The van der Waals surface area contributed by atoms with Gasteiger partial charge in [-0.25, -0.2) is 0 Å². The highest BCUT2D eigenvalue weighted by Crippen LogP contribution is 2.15. The number of rotatable bonds is 11. The summed E-state index contributed by atoms with van der Waals surface area (Å²) in [5, 5.41) is 0. The lowest BCUT2D eigenvalue weighted by atomic mass is 10.1. The van der Waals surface area contributed by atoms with Crippen molar-refractivity contribution in [3.8, 4) is 0 Å². The van der Waals surface area contributed by atoms with Crippen LogP contribution >= 0.6 is 0 Å². The molecule has 27 heavy (non-hydrogen) atoms. The molecular formula is C24H41NO2. The monoisotopic (exact) mass is 375 g/mol.